The van der Waals surface area contributed by atoms with Crippen molar-refractivity contribution in [2.24, 2.45) is 5.41 Å². The van der Waals surface area contributed by atoms with Crippen LogP contribution in [0.1, 0.15) is 48.0 Å². The minimum Gasteiger partial charge on any atom is -0.492 e. The number of benzene rings is 1. The van der Waals surface area contributed by atoms with Crippen molar-refractivity contribution >= 4 is 11.4 Å². The number of nitrogens with one attached hydrogen (secondary N) is 1. The van der Waals surface area contributed by atoms with Crippen molar-refractivity contribution in [1.29, 1.82) is 0 Å². The summed E-state index contributed by atoms with van der Waals surface area (Å²) in [7, 11) is 0. The molecule has 108 valence electrons. The molecule has 0 aliphatic rings. The van der Waals surface area contributed by atoms with E-state index in [0.29, 0.717) is 12.3 Å². The van der Waals surface area contributed by atoms with Gasteiger partial charge in [-0.2, -0.15) is 0 Å². The van der Waals surface area contributed by atoms with Crippen LogP contribution in [-0.2, 0) is 0 Å². The summed E-state index contributed by atoms with van der Waals surface area (Å²) in [6.07, 6.45) is 1.05. The summed E-state index contributed by atoms with van der Waals surface area (Å²) in [6, 6.07) is 5.87. The predicted octanol–water partition coefficient (Wildman–Crippen LogP) is 4.29. The third kappa shape index (κ3) is 5.01. The standard InChI is InChI=1S/C16H28N2O/c1-7-19-13-10-8-9-12(14(13)17)18-16(5,6)11-15(2,3)4/h8-10,18H,7,11,17H2,1-6H3. The van der Waals surface area contributed by atoms with Gasteiger partial charge in [-0.05, 0) is 44.7 Å². The molecule has 3 heteroatoms. The Balaban J connectivity index is 2.90. The quantitative estimate of drug-likeness (QED) is 0.780. The average molecular weight is 264 g/mol. The number of nitrogens with two attached hydrogens (primary N) is 1. The van der Waals surface area contributed by atoms with E-state index in [1.165, 1.54) is 0 Å². The van der Waals surface area contributed by atoms with Crippen molar-refractivity contribution in [2.45, 2.75) is 53.5 Å². The molecule has 0 saturated heterocycles. The lowest BCUT2D eigenvalue weighted by Gasteiger charge is -2.34. The number of hydrogen-bond acceptors (Lipinski definition) is 3. The van der Waals surface area contributed by atoms with E-state index in [1.54, 1.807) is 0 Å². The van der Waals surface area contributed by atoms with Crippen LogP contribution in [0.15, 0.2) is 18.2 Å². The normalized spacial score (nSPS) is 12.3. The molecule has 0 heterocycles. The van der Waals surface area contributed by atoms with Crippen LogP contribution in [0.25, 0.3) is 0 Å². The molecule has 19 heavy (non-hydrogen) atoms. The van der Waals surface area contributed by atoms with E-state index in [1.807, 2.05) is 25.1 Å². The van der Waals surface area contributed by atoms with Crippen LogP contribution in [0, 0.1) is 5.41 Å². The maximum atomic E-state index is 6.15. The minimum atomic E-state index is -0.0167. The Hall–Kier alpha value is -1.38. The molecule has 0 atom stereocenters. The van der Waals surface area contributed by atoms with Gasteiger partial charge in [0.25, 0.3) is 0 Å². The zero-order valence-electron chi connectivity index (χ0n) is 13.1. The van der Waals surface area contributed by atoms with E-state index in [-0.39, 0.29) is 11.0 Å². The summed E-state index contributed by atoms with van der Waals surface area (Å²) in [5.41, 5.74) is 8.03. The molecular formula is C16H28N2O. The SMILES string of the molecule is CCOc1cccc(NC(C)(C)CC(C)(C)C)c1N. The molecule has 1 aromatic rings. The topological polar surface area (TPSA) is 47.3 Å². The molecule has 0 amide bonds. The maximum absolute atomic E-state index is 6.15. The predicted molar refractivity (Wildman–Crippen MR) is 83.8 cm³/mol. The van der Waals surface area contributed by atoms with Gasteiger partial charge in [-0.1, -0.05) is 26.8 Å². The first-order valence-corrected chi connectivity index (χ1v) is 6.94. The van der Waals surface area contributed by atoms with E-state index >= 15 is 0 Å². The Morgan fingerprint density at radius 2 is 1.79 bits per heavy atom. The van der Waals surface area contributed by atoms with Crippen molar-refractivity contribution in [1.82, 2.24) is 0 Å². The largest absolute Gasteiger partial charge is 0.492 e. The number of para-hydroxylation sites is 1. The first-order chi connectivity index (χ1) is 8.64. The van der Waals surface area contributed by atoms with Gasteiger partial charge >= 0.3 is 0 Å². The Kier molecular flexibility index (Phi) is 4.72. The van der Waals surface area contributed by atoms with Gasteiger partial charge in [-0.15, -0.1) is 0 Å². The van der Waals surface area contributed by atoms with Crippen LogP contribution in [0.2, 0.25) is 0 Å². The fourth-order valence-corrected chi connectivity index (χ4v) is 2.67. The van der Waals surface area contributed by atoms with Crippen molar-refractivity contribution in [3.05, 3.63) is 18.2 Å². The van der Waals surface area contributed by atoms with Crippen molar-refractivity contribution < 1.29 is 4.74 Å². The third-order valence-corrected chi connectivity index (χ3v) is 2.81. The second kappa shape index (κ2) is 5.72. The molecular weight excluding hydrogens is 236 g/mol. The summed E-state index contributed by atoms with van der Waals surface area (Å²) in [5, 5.41) is 3.54. The van der Waals surface area contributed by atoms with E-state index in [9.17, 15) is 0 Å². The van der Waals surface area contributed by atoms with Crippen molar-refractivity contribution in [2.75, 3.05) is 17.7 Å². The summed E-state index contributed by atoms with van der Waals surface area (Å²) in [5.74, 6) is 0.749. The fraction of sp³-hybridized carbons (Fsp3) is 0.625. The number of hydrogen-bond donors (Lipinski definition) is 2. The Labute approximate surface area is 117 Å². The third-order valence-electron chi connectivity index (χ3n) is 2.81. The lowest BCUT2D eigenvalue weighted by atomic mass is 9.81. The highest BCUT2D eigenvalue weighted by Crippen LogP contribution is 2.34. The van der Waals surface area contributed by atoms with Gasteiger partial charge in [0.15, 0.2) is 0 Å². The smallest absolute Gasteiger partial charge is 0.144 e. The Bertz CT molecular complexity index is 419. The zero-order chi connectivity index (χ0) is 14.7. The summed E-state index contributed by atoms with van der Waals surface area (Å²) in [4.78, 5) is 0. The minimum absolute atomic E-state index is 0.0167. The molecule has 0 radical (unpaired) electrons. The second-order valence-corrected chi connectivity index (χ2v) is 6.90. The highest BCUT2D eigenvalue weighted by Gasteiger charge is 2.26. The van der Waals surface area contributed by atoms with Crippen LogP contribution in [0.4, 0.5) is 11.4 Å². The van der Waals surface area contributed by atoms with Gasteiger partial charge in [-0.3, -0.25) is 0 Å². The number of rotatable bonds is 5. The van der Waals surface area contributed by atoms with Gasteiger partial charge in [-0.25, -0.2) is 0 Å². The molecule has 0 saturated carbocycles. The van der Waals surface area contributed by atoms with E-state index in [2.05, 4.69) is 39.9 Å². The molecule has 0 fully saturated rings. The van der Waals surface area contributed by atoms with Crippen LogP contribution in [0.5, 0.6) is 5.75 Å². The highest BCUT2D eigenvalue weighted by molar-refractivity contribution is 5.73. The van der Waals surface area contributed by atoms with Crippen molar-refractivity contribution in [3.8, 4) is 5.75 Å². The van der Waals surface area contributed by atoms with Crippen LogP contribution in [-0.4, -0.2) is 12.1 Å². The Morgan fingerprint density at radius 3 is 2.32 bits per heavy atom. The lowest BCUT2D eigenvalue weighted by molar-refractivity contribution is 0.302. The Morgan fingerprint density at radius 1 is 1.16 bits per heavy atom. The van der Waals surface area contributed by atoms with E-state index in [4.69, 9.17) is 10.5 Å². The molecule has 0 aliphatic carbocycles. The second-order valence-electron chi connectivity index (χ2n) is 6.90. The molecule has 0 unspecified atom stereocenters. The first-order valence-electron chi connectivity index (χ1n) is 6.94. The van der Waals surface area contributed by atoms with E-state index < -0.39 is 0 Å². The first kappa shape index (κ1) is 15.7. The van der Waals surface area contributed by atoms with Gasteiger partial charge < -0.3 is 15.8 Å². The average Bonchev–Trinajstić information content (AvgIpc) is 2.20. The number of ether oxygens (including phenoxy) is 1. The summed E-state index contributed by atoms with van der Waals surface area (Å²) < 4.78 is 5.53. The summed E-state index contributed by atoms with van der Waals surface area (Å²) in [6.45, 7) is 13.7. The van der Waals surface area contributed by atoms with Crippen molar-refractivity contribution in [3.63, 3.8) is 0 Å². The van der Waals surface area contributed by atoms with Gasteiger partial charge in [0.2, 0.25) is 0 Å². The number of nitrogen functional groups attached to an aromatic ring is 1. The maximum Gasteiger partial charge on any atom is 0.144 e. The molecule has 3 N–H and O–H groups in total. The van der Waals surface area contributed by atoms with Crippen LogP contribution < -0.4 is 15.8 Å². The molecule has 0 aliphatic heterocycles. The van der Waals surface area contributed by atoms with Gasteiger partial charge in [0, 0.05) is 5.54 Å². The number of anilines is 2. The van der Waals surface area contributed by atoms with E-state index in [0.717, 1.165) is 17.9 Å². The highest BCUT2D eigenvalue weighted by atomic mass is 16.5. The lowest BCUT2D eigenvalue weighted by Crippen LogP contribution is -2.35. The van der Waals surface area contributed by atoms with Crippen LogP contribution >= 0.6 is 0 Å². The molecule has 0 bridgehead atoms. The zero-order valence-corrected chi connectivity index (χ0v) is 13.1. The van der Waals surface area contributed by atoms with Crippen LogP contribution in [0.3, 0.4) is 0 Å². The molecule has 0 aromatic heterocycles. The monoisotopic (exact) mass is 264 g/mol. The molecule has 3 nitrogen and oxygen atoms in total. The molecule has 1 aromatic carbocycles. The van der Waals surface area contributed by atoms with Gasteiger partial charge in [0.1, 0.15) is 5.75 Å². The molecule has 0 spiro atoms. The van der Waals surface area contributed by atoms with Gasteiger partial charge in [0.05, 0.1) is 18.0 Å². The molecule has 1 rings (SSSR count). The fourth-order valence-electron chi connectivity index (χ4n) is 2.67. The summed E-state index contributed by atoms with van der Waals surface area (Å²) >= 11 is 0.